The molecule has 5 heterocycles. The first kappa shape index (κ1) is 57.0. The van der Waals surface area contributed by atoms with Gasteiger partial charge in [0.2, 0.25) is 0 Å². The molecule has 0 radical (unpaired) electrons. The lowest BCUT2D eigenvalue weighted by Crippen LogP contribution is -2.61. The number of rotatable bonds is 6. The molecule has 0 N–H and O–H groups in total. The summed E-state index contributed by atoms with van der Waals surface area (Å²) in [5.41, 5.74) is 32.7. The minimum absolute atomic E-state index is 0.0692. The Labute approximate surface area is 530 Å². The van der Waals surface area contributed by atoms with Gasteiger partial charge in [-0.05, 0) is 208 Å². The molecule has 0 atom stereocenters. The third-order valence-electron chi connectivity index (χ3n) is 19.8. The van der Waals surface area contributed by atoms with Crippen LogP contribution in [0.2, 0.25) is 0 Å². The van der Waals surface area contributed by atoms with Crippen LogP contribution in [0.5, 0.6) is 0 Å². The van der Waals surface area contributed by atoms with Crippen LogP contribution in [-0.4, -0.2) is 11.3 Å². The Morgan fingerprint density at radius 1 is 0.433 bits per heavy atom. The third-order valence-corrected chi connectivity index (χ3v) is 19.8. The van der Waals surface area contributed by atoms with Crippen LogP contribution in [0.3, 0.4) is 0 Å². The SMILES string of the molecule is C=C/C(c1cc(C)c(N2c3cc4c(cc3B3c5ccc(C(C)(C)C)cc5N(c5c(C)cc(-c6cccc7c6oc6ccccc67)cc5C)c5cc(C(C)(C)C)cc2c53)c2cc(C(C)(C)C)ccc2n4-c2c(C)cccc2C)c(C)c1)=c1/oc2ccccc2c1=C. The number of allylic oxidation sites excluding steroid dienone is 1. The topological polar surface area (TPSA) is 37.7 Å². The van der Waals surface area contributed by atoms with Gasteiger partial charge in [0, 0.05) is 66.0 Å². The van der Waals surface area contributed by atoms with Crippen molar-refractivity contribution in [1.82, 2.24) is 4.57 Å². The van der Waals surface area contributed by atoms with Gasteiger partial charge in [0.25, 0.3) is 6.71 Å². The molecule has 10 aromatic carbocycles. The minimum atomic E-state index is -0.241. The molecule has 0 saturated heterocycles. The van der Waals surface area contributed by atoms with Crippen molar-refractivity contribution in [3.8, 4) is 16.8 Å². The predicted molar refractivity (Wildman–Crippen MR) is 386 cm³/mol. The molecule has 5 nitrogen and oxygen atoms in total. The Morgan fingerprint density at radius 3 is 1.57 bits per heavy atom. The molecular formula is C84H78BN3O2. The molecular weight excluding hydrogens is 1090 g/mol. The number of aromatic nitrogens is 1. The van der Waals surface area contributed by atoms with Gasteiger partial charge in [0.15, 0.2) is 0 Å². The van der Waals surface area contributed by atoms with E-state index in [-0.39, 0.29) is 23.0 Å². The monoisotopic (exact) mass is 1170 g/mol. The van der Waals surface area contributed by atoms with Gasteiger partial charge >= 0.3 is 0 Å². The molecule has 6 heteroatoms. The Kier molecular flexibility index (Phi) is 12.7. The summed E-state index contributed by atoms with van der Waals surface area (Å²) in [5.74, 6) is 0. The average molecular weight is 1170 g/mol. The molecule has 15 rings (SSSR count). The normalized spacial score (nSPS) is 13.7. The third kappa shape index (κ3) is 8.57. The van der Waals surface area contributed by atoms with Crippen molar-refractivity contribution in [1.29, 1.82) is 0 Å². The van der Waals surface area contributed by atoms with Gasteiger partial charge in [-0.1, -0.05) is 179 Å². The molecule has 0 aliphatic carbocycles. The first-order chi connectivity index (χ1) is 42.9. The van der Waals surface area contributed by atoms with Crippen molar-refractivity contribution in [3.05, 3.63) is 249 Å². The van der Waals surface area contributed by atoms with E-state index in [0.29, 0.717) is 0 Å². The van der Waals surface area contributed by atoms with Crippen LogP contribution >= 0.6 is 0 Å². The van der Waals surface area contributed by atoms with E-state index in [1.807, 2.05) is 24.3 Å². The van der Waals surface area contributed by atoms with Gasteiger partial charge in [0.05, 0.1) is 28.1 Å². The Bertz CT molecular complexity index is 5320. The summed E-state index contributed by atoms with van der Waals surface area (Å²) >= 11 is 0. The lowest BCUT2D eigenvalue weighted by molar-refractivity contribution is 0.573. The first-order valence-corrected chi connectivity index (χ1v) is 32.0. The van der Waals surface area contributed by atoms with Crippen molar-refractivity contribution in [2.75, 3.05) is 9.80 Å². The first-order valence-electron chi connectivity index (χ1n) is 32.0. The molecule has 13 aromatic rings. The maximum absolute atomic E-state index is 6.72. The number of fused-ring (bicyclic) bond motifs is 11. The molecule has 0 bridgehead atoms. The van der Waals surface area contributed by atoms with Crippen LogP contribution in [0.1, 0.15) is 118 Å². The fourth-order valence-electron chi connectivity index (χ4n) is 15.3. The summed E-state index contributed by atoms with van der Waals surface area (Å²) in [6.07, 6.45) is 1.94. The number of furan rings is 2. The summed E-state index contributed by atoms with van der Waals surface area (Å²) < 4.78 is 15.9. The second-order valence-electron chi connectivity index (χ2n) is 29.0. The van der Waals surface area contributed by atoms with Crippen LogP contribution in [0.15, 0.2) is 191 Å². The summed E-state index contributed by atoms with van der Waals surface area (Å²) in [5, 5.41) is 6.63. The predicted octanol–water partition coefficient (Wildman–Crippen LogP) is 19.7. The highest BCUT2D eigenvalue weighted by Gasteiger charge is 2.46. The molecule has 0 spiro atoms. The molecule has 0 amide bonds. The fourth-order valence-corrected chi connectivity index (χ4v) is 15.3. The Morgan fingerprint density at radius 2 is 0.956 bits per heavy atom. The molecule has 3 aromatic heterocycles. The maximum atomic E-state index is 6.72. The minimum Gasteiger partial charge on any atom is -0.455 e. The van der Waals surface area contributed by atoms with Crippen molar-refractivity contribution in [2.24, 2.45) is 0 Å². The number of anilines is 6. The van der Waals surface area contributed by atoms with E-state index in [9.17, 15) is 0 Å². The number of aryl methyl sites for hydroxylation is 6. The Hall–Kier alpha value is -9.52. The average Bonchev–Trinajstić information content (AvgIpc) is 0.960. The smallest absolute Gasteiger partial charge is 0.252 e. The maximum Gasteiger partial charge on any atom is 0.252 e. The lowest BCUT2D eigenvalue weighted by Gasteiger charge is -2.46. The summed E-state index contributed by atoms with van der Waals surface area (Å²) in [6, 6.07) is 64.2. The lowest BCUT2D eigenvalue weighted by atomic mass is 9.33. The number of hydrogen-bond donors (Lipinski definition) is 0. The highest BCUT2D eigenvalue weighted by Crippen LogP contribution is 2.52. The van der Waals surface area contributed by atoms with Crippen LogP contribution in [0.25, 0.3) is 83.7 Å². The molecule has 0 unspecified atom stereocenters. The molecule has 444 valence electrons. The van der Waals surface area contributed by atoms with Gasteiger partial charge in [0.1, 0.15) is 22.2 Å². The van der Waals surface area contributed by atoms with E-state index in [1.54, 1.807) is 0 Å². The van der Waals surface area contributed by atoms with Crippen LogP contribution < -0.4 is 36.8 Å². The van der Waals surface area contributed by atoms with E-state index >= 15 is 0 Å². The highest BCUT2D eigenvalue weighted by atomic mass is 16.3. The zero-order valence-corrected chi connectivity index (χ0v) is 54.9. The molecule has 0 saturated carbocycles. The van der Waals surface area contributed by atoms with Crippen molar-refractivity contribution >= 4 is 124 Å². The second kappa shape index (κ2) is 20.0. The van der Waals surface area contributed by atoms with Crippen molar-refractivity contribution in [2.45, 2.75) is 120 Å². The van der Waals surface area contributed by atoms with Crippen LogP contribution in [0, 0.1) is 41.5 Å². The van der Waals surface area contributed by atoms with Crippen molar-refractivity contribution in [3.63, 3.8) is 0 Å². The zero-order chi connectivity index (χ0) is 62.9. The second-order valence-corrected chi connectivity index (χ2v) is 29.0. The molecule has 0 fully saturated rings. The van der Waals surface area contributed by atoms with E-state index in [2.05, 4.69) is 283 Å². The van der Waals surface area contributed by atoms with Crippen molar-refractivity contribution < 1.29 is 8.83 Å². The standard InChI is InChI=1S/C84H78BN3O2/c1-18-59(80-53(8)60-27-19-21-31-74(60)89-80)54-37-49(4)79(50(5)38-54)88-71-46-69-65(64-41-56(82(9,10)11)34-36-68(64)86(69)77-47(2)25-23-26-48(77)3)45-67(71)85-66-35-33-57(83(12,13)14)42-70(66)87(72-43-58(84(15,16)17)44-73(88)76(72)85)78-51(6)39-55(40-52(78)7)61-29-24-30-63-62-28-20-22-32-75(62)90-81(61)63/h18-46H,1,8H2,2-7,9-17H3/b80-59-. The quantitative estimate of drug-likeness (QED) is 0.156. The van der Waals surface area contributed by atoms with Crippen LogP contribution in [0.4, 0.5) is 34.1 Å². The number of hydrogen-bond acceptors (Lipinski definition) is 4. The zero-order valence-electron chi connectivity index (χ0n) is 54.9. The number of benzene rings is 10. The largest absolute Gasteiger partial charge is 0.455 e. The van der Waals surface area contributed by atoms with Gasteiger partial charge in [-0.2, -0.15) is 0 Å². The van der Waals surface area contributed by atoms with Gasteiger partial charge in [-0.15, -0.1) is 0 Å². The summed E-state index contributed by atoms with van der Waals surface area (Å²) in [7, 11) is 0. The van der Waals surface area contributed by atoms with E-state index < -0.39 is 0 Å². The van der Waals surface area contributed by atoms with Gasteiger partial charge in [-0.3, -0.25) is 0 Å². The number of para-hydroxylation sites is 4. The van der Waals surface area contributed by atoms with E-state index in [4.69, 9.17) is 8.83 Å². The van der Waals surface area contributed by atoms with E-state index in [0.717, 1.165) is 82.6 Å². The Balaban J connectivity index is 1.07. The molecule has 2 aliphatic heterocycles. The van der Waals surface area contributed by atoms with Crippen LogP contribution in [-0.2, 0) is 16.2 Å². The fraction of sp³-hybridized carbons (Fsp3) is 0.214. The highest BCUT2D eigenvalue weighted by molar-refractivity contribution is 7.00. The van der Waals surface area contributed by atoms with Gasteiger partial charge in [-0.25, -0.2) is 0 Å². The van der Waals surface area contributed by atoms with Gasteiger partial charge < -0.3 is 23.2 Å². The summed E-state index contributed by atoms with van der Waals surface area (Å²) in [4.78, 5) is 5.32. The van der Waals surface area contributed by atoms with E-state index in [1.165, 1.54) is 111 Å². The number of nitrogens with zero attached hydrogens (tertiary/aromatic N) is 3. The summed E-state index contributed by atoms with van der Waals surface area (Å²) in [6.45, 7) is 43.7. The molecule has 2 aliphatic rings. The molecule has 90 heavy (non-hydrogen) atoms.